The smallest absolute Gasteiger partial charge is 0.232 e. The van der Waals surface area contributed by atoms with E-state index in [4.69, 9.17) is 13.9 Å². The van der Waals surface area contributed by atoms with Gasteiger partial charge in [-0.3, -0.25) is 0 Å². The van der Waals surface area contributed by atoms with Crippen LogP contribution in [0.2, 0.25) is 0 Å². The average Bonchev–Trinajstić information content (AvgIpc) is 3.18. The molecule has 0 spiro atoms. The first kappa shape index (κ1) is 20.7. The summed E-state index contributed by atoms with van der Waals surface area (Å²) < 4.78 is 17.0. The summed E-state index contributed by atoms with van der Waals surface area (Å²) in [7, 11) is 5.38. The molecule has 0 amide bonds. The van der Waals surface area contributed by atoms with Gasteiger partial charge in [-0.15, -0.1) is 0 Å². The Morgan fingerprint density at radius 1 is 0.871 bits per heavy atom. The quantitative estimate of drug-likeness (QED) is 0.386. The van der Waals surface area contributed by atoms with E-state index in [0.717, 1.165) is 51.7 Å². The number of methoxy groups -OCH3 is 2. The number of aromatic nitrogens is 2. The van der Waals surface area contributed by atoms with Crippen LogP contribution in [-0.2, 0) is 0 Å². The summed E-state index contributed by atoms with van der Waals surface area (Å²) >= 11 is 0. The molecular formula is C25H27N3O3. The molecule has 2 aromatic carbocycles. The topological polar surface area (TPSA) is 60.6 Å². The van der Waals surface area contributed by atoms with E-state index in [1.165, 1.54) is 0 Å². The van der Waals surface area contributed by atoms with Crippen LogP contribution in [0.4, 0.5) is 5.82 Å². The lowest BCUT2D eigenvalue weighted by molar-refractivity contribution is 0.414. The Balaban J connectivity index is 1.97. The summed E-state index contributed by atoms with van der Waals surface area (Å²) in [4.78, 5) is 11.2. The van der Waals surface area contributed by atoms with Crippen molar-refractivity contribution in [3.05, 3.63) is 54.9 Å². The van der Waals surface area contributed by atoms with Gasteiger partial charge in [-0.2, -0.15) is 0 Å². The highest BCUT2D eigenvalue weighted by molar-refractivity contribution is 6.06. The van der Waals surface area contributed by atoms with Crippen LogP contribution in [0.3, 0.4) is 0 Å². The van der Waals surface area contributed by atoms with Gasteiger partial charge in [0.1, 0.15) is 29.4 Å². The van der Waals surface area contributed by atoms with Crippen molar-refractivity contribution >= 4 is 16.9 Å². The van der Waals surface area contributed by atoms with Gasteiger partial charge in [-0.25, -0.2) is 9.97 Å². The molecule has 0 fully saturated rings. The van der Waals surface area contributed by atoms with E-state index in [1.54, 1.807) is 20.5 Å². The van der Waals surface area contributed by atoms with Crippen LogP contribution >= 0.6 is 0 Å². The Kier molecular flexibility index (Phi) is 5.80. The van der Waals surface area contributed by atoms with E-state index in [-0.39, 0.29) is 0 Å². The van der Waals surface area contributed by atoms with E-state index in [0.29, 0.717) is 11.6 Å². The highest BCUT2D eigenvalue weighted by Crippen LogP contribution is 2.43. The number of hydrogen-bond donors (Lipinski definition) is 0. The van der Waals surface area contributed by atoms with Crippen LogP contribution in [0.15, 0.2) is 59.3 Å². The van der Waals surface area contributed by atoms with Crippen molar-refractivity contribution in [3.8, 4) is 33.9 Å². The van der Waals surface area contributed by atoms with E-state index in [9.17, 15) is 0 Å². The number of benzene rings is 2. The number of nitrogens with zero attached hydrogens (tertiary/aromatic N) is 3. The molecule has 160 valence electrons. The molecule has 6 nitrogen and oxygen atoms in total. The minimum atomic E-state index is 0.493. The standard InChI is InChI=1S/C25H27N3O3/c1-16(2)14-28(3)24-22-21(17-6-10-19(29-4)11-7-17)23(31-25(22)27-15-26-24)18-8-12-20(30-5)13-9-18/h6-13,15-16H,14H2,1-5H3. The van der Waals surface area contributed by atoms with Gasteiger partial charge in [0.2, 0.25) is 5.71 Å². The van der Waals surface area contributed by atoms with Crippen molar-refractivity contribution in [2.24, 2.45) is 5.92 Å². The largest absolute Gasteiger partial charge is 0.497 e. The highest BCUT2D eigenvalue weighted by atomic mass is 16.5. The third-order valence-electron chi connectivity index (χ3n) is 5.20. The first-order chi connectivity index (χ1) is 15.0. The van der Waals surface area contributed by atoms with Crippen molar-refractivity contribution in [2.75, 3.05) is 32.7 Å². The van der Waals surface area contributed by atoms with Crippen LogP contribution in [0.5, 0.6) is 11.5 Å². The molecule has 0 aliphatic heterocycles. The SMILES string of the molecule is COc1ccc(-c2oc3ncnc(N(C)CC(C)C)c3c2-c2ccc(OC)cc2)cc1. The van der Waals surface area contributed by atoms with Gasteiger partial charge in [0.15, 0.2) is 0 Å². The van der Waals surface area contributed by atoms with E-state index >= 15 is 0 Å². The Hall–Kier alpha value is -3.54. The van der Waals surface area contributed by atoms with Gasteiger partial charge in [-0.05, 0) is 47.9 Å². The molecule has 31 heavy (non-hydrogen) atoms. The molecule has 0 bridgehead atoms. The summed E-state index contributed by atoms with van der Waals surface area (Å²) in [6.07, 6.45) is 1.56. The summed E-state index contributed by atoms with van der Waals surface area (Å²) in [6.45, 7) is 5.26. The van der Waals surface area contributed by atoms with Crippen LogP contribution in [-0.4, -0.2) is 37.8 Å². The Morgan fingerprint density at radius 2 is 1.45 bits per heavy atom. The molecular weight excluding hydrogens is 390 g/mol. The van der Waals surface area contributed by atoms with E-state index in [1.807, 2.05) is 48.5 Å². The van der Waals surface area contributed by atoms with Crippen molar-refractivity contribution in [2.45, 2.75) is 13.8 Å². The number of anilines is 1. The van der Waals surface area contributed by atoms with Crippen molar-refractivity contribution in [1.29, 1.82) is 0 Å². The maximum atomic E-state index is 6.32. The summed E-state index contributed by atoms with van der Waals surface area (Å²) in [6, 6.07) is 15.8. The predicted molar refractivity (Wildman–Crippen MR) is 124 cm³/mol. The van der Waals surface area contributed by atoms with Gasteiger partial charge in [-0.1, -0.05) is 26.0 Å². The Bertz CT molecular complexity index is 1170. The first-order valence-electron chi connectivity index (χ1n) is 10.3. The number of fused-ring (bicyclic) bond motifs is 1. The van der Waals surface area contributed by atoms with Crippen LogP contribution < -0.4 is 14.4 Å². The van der Waals surface area contributed by atoms with Gasteiger partial charge in [0.25, 0.3) is 0 Å². The van der Waals surface area contributed by atoms with Gasteiger partial charge in [0, 0.05) is 24.7 Å². The normalized spacial score (nSPS) is 11.2. The fraction of sp³-hybridized carbons (Fsp3) is 0.280. The van der Waals surface area contributed by atoms with Crippen molar-refractivity contribution in [3.63, 3.8) is 0 Å². The van der Waals surface area contributed by atoms with Crippen LogP contribution in [0.1, 0.15) is 13.8 Å². The zero-order chi connectivity index (χ0) is 22.0. The van der Waals surface area contributed by atoms with Gasteiger partial charge < -0.3 is 18.8 Å². The Labute approximate surface area is 182 Å². The fourth-order valence-electron chi connectivity index (χ4n) is 3.82. The molecule has 4 aromatic rings. The lowest BCUT2D eigenvalue weighted by atomic mass is 9.99. The van der Waals surface area contributed by atoms with Crippen LogP contribution in [0, 0.1) is 5.92 Å². The predicted octanol–water partition coefficient (Wildman–Crippen LogP) is 5.67. The first-order valence-corrected chi connectivity index (χ1v) is 10.3. The van der Waals surface area contributed by atoms with Gasteiger partial charge >= 0.3 is 0 Å². The monoisotopic (exact) mass is 417 g/mol. The van der Waals surface area contributed by atoms with E-state index in [2.05, 4.69) is 35.8 Å². The number of hydrogen-bond acceptors (Lipinski definition) is 6. The van der Waals surface area contributed by atoms with Crippen molar-refractivity contribution < 1.29 is 13.9 Å². The molecule has 0 unspecified atom stereocenters. The molecule has 2 aromatic heterocycles. The zero-order valence-electron chi connectivity index (χ0n) is 18.5. The van der Waals surface area contributed by atoms with Crippen LogP contribution in [0.25, 0.3) is 33.6 Å². The molecule has 0 atom stereocenters. The van der Waals surface area contributed by atoms with Gasteiger partial charge in [0.05, 0.1) is 19.6 Å². The highest BCUT2D eigenvalue weighted by Gasteiger charge is 2.24. The number of furan rings is 1. The second-order valence-corrected chi connectivity index (χ2v) is 7.91. The molecule has 6 heteroatoms. The molecule has 0 radical (unpaired) electrons. The second kappa shape index (κ2) is 8.68. The minimum absolute atomic E-state index is 0.493. The third-order valence-corrected chi connectivity index (χ3v) is 5.20. The lowest BCUT2D eigenvalue weighted by Crippen LogP contribution is -2.23. The molecule has 0 saturated carbocycles. The number of ether oxygens (including phenoxy) is 2. The van der Waals surface area contributed by atoms with Crippen molar-refractivity contribution in [1.82, 2.24) is 9.97 Å². The summed E-state index contributed by atoms with van der Waals surface area (Å²) in [5.74, 6) is 3.70. The minimum Gasteiger partial charge on any atom is -0.497 e. The second-order valence-electron chi connectivity index (χ2n) is 7.91. The molecule has 0 aliphatic rings. The summed E-state index contributed by atoms with van der Waals surface area (Å²) in [5, 5.41) is 0.904. The zero-order valence-corrected chi connectivity index (χ0v) is 18.5. The molecule has 2 heterocycles. The molecule has 0 N–H and O–H groups in total. The summed E-state index contributed by atoms with van der Waals surface area (Å²) in [5.41, 5.74) is 3.49. The fourth-order valence-corrected chi connectivity index (χ4v) is 3.82. The average molecular weight is 418 g/mol. The maximum Gasteiger partial charge on any atom is 0.232 e. The molecule has 0 saturated heterocycles. The molecule has 0 aliphatic carbocycles. The Morgan fingerprint density at radius 3 is 2.00 bits per heavy atom. The maximum absolute atomic E-state index is 6.32. The molecule has 4 rings (SSSR count). The number of rotatable bonds is 7. The third kappa shape index (κ3) is 4.06. The lowest BCUT2D eigenvalue weighted by Gasteiger charge is -2.21. The van der Waals surface area contributed by atoms with E-state index < -0.39 is 0 Å².